The maximum absolute atomic E-state index is 6.26. The van der Waals surface area contributed by atoms with Crippen LogP contribution in [-0.4, -0.2) is 28.5 Å². The van der Waals surface area contributed by atoms with E-state index in [0.717, 1.165) is 28.3 Å². The molecular weight excluding hydrogens is 444 g/mol. The number of aryl methyl sites for hydroxylation is 1. The predicted molar refractivity (Wildman–Crippen MR) is 136 cm³/mol. The van der Waals surface area contributed by atoms with E-state index in [1.54, 1.807) is 18.9 Å². The summed E-state index contributed by atoms with van der Waals surface area (Å²) in [6.45, 7) is 2.08. The lowest BCUT2D eigenvalue weighted by molar-refractivity contribution is 0.266. The third-order valence-electron chi connectivity index (χ3n) is 5.42. The summed E-state index contributed by atoms with van der Waals surface area (Å²) < 4.78 is 11.5. The van der Waals surface area contributed by atoms with E-state index in [9.17, 15) is 0 Å². The van der Waals surface area contributed by atoms with Crippen LogP contribution in [0.4, 0.5) is 5.69 Å². The Balaban J connectivity index is 1.40. The molecule has 0 aliphatic carbocycles. The van der Waals surface area contributed by atoms with Crippen molar-refractivity contribution >= 4 is 23.5 Å². The Kier molecular flexibility index (Phi) is 6.44. The summed E-state index contributed by atoms with van der Waals surface area (Å²) >= 11 is 1.54. The second-order valence-corrected chi connectivity index (χ2v) is 8.83. The zero-order valence-corrected chi connectivity index (χ0v) is 19.8. The van der Waals surface area contributed by atoms with Crippen LogP contribution in [0, 0.1) is 6.92 Å². The molecule has 1 aromatic heterocycles. The van der Waals surface area contributed by atoms with Crippen molar-refractivity contribution < 1.29 is 9.47 Å². The third-order valence-corrected chi connectivity index (χ3v) is 6.33. The fourth-order valence-electron chi connectivity index (χ4n) is 3.56. The molecule has 1 atom stereocenters. The maximum Gasteiger partial charge on any atom is 0.247 e. The Bertz CT molecular complexity index is 1310. The summed E-state index contributed by atoms with van der Waals surface area (Å²) in [6.07, 6.45) is 3.55. The van der Waals surface area contributed by atoms with Crippen LogP contribution in [-0.2, 0) is 5.75 Å². The summed E-state index contributed by atoms with van der Waals surface area (Å²) in [4.78, 5) is 4.71. The Labute approximate surface area is 203 Å². The van der Waals surface area contributed by atoms with Gasteiger partial charge in [0.25, 0.3) is 0 Å². The van der Waals surface area contributed by atoms with Crippen LogP contribution < -0.4 is 14.8 Å². The number of aromatic nitrogens is 3. The quantitative estimate of drug-likeness (QED) is 0.349. The lowest BCUT2D eigenvalue weighted by atomic mass is 10.1. The number of rotatable bonds is 6. The molecule has 3 aromatic carbocycles. The number of nitrogens with zero attached hydrogens (tertiary/aromatic N) is 3. The number of nitrogens with one attached hydrogen (secondary N) is 1. The molecule has 0 spiro atoms. The molecule has 7 heteroatoms. The number of thioether (sulfide) groups is 1. The third kappa shape index (κ3) is 5.05. The maximum atomic E-state index is 6.26. The smallest absolute Gasteiger partial charge is 0.247 e. The summed E-state index contributed by atoms with van der Waals surface area (Å²) in [5, 5.41) is 12.9. The molecule has 6 nitrogen and oxygen atoms in total. The summed E-state index contributed by atoms with van der Waals surface area (Å²) in [6, 6.07) is 24.3. The van der Waals surface area contributed by atoms with E-state index in [1.807, 2.05) is 60.7 Å². The predicted octanol–water partition coefficient (Wildman–Crippen LogP) is 5.99. The Morgan fingerprint density at radius 1 is 1.00 bits per heavy atom. The van der Waals surface area contributed by atoms with Crippen LogP contribution in [0.1, 0.15) is 16.7 Å². The van der Waals surface area contributed by atoms with Crippen molar-refractivity contribution in [1.82, 2.24) is 15.2 Å². The molecular formula is C27H24N4O2S. The first-order valence-electron chi connectivity index (χ1n) is 11.0. The van der Waals surface area contributed by atoms with Gasteiger partial charge in [-0.05, 0) is 42.3 Å². The number of anilines is 1. The average molecular weight is 469 g/mol. The van der Waals surface area contributed by atoms with E-state index in [4.69, 9.17) is 14.5 Å². The van der Waals surface area contributed by atoms with Gasteiger partial charge in [-0.1, -0.05) is 78.0 Å². The summed E-state index contributed by atoms with van der Waals surface area (Å²) in [5.41, 5.74) is 5.95. The molecule has 1 aliphatic heterocycles. The number of para-hydroxylation sites is 1. The van der Waals surface area contributed by atoms with Crippen molar-refractivity contribution in [2.24, 2.45) is 0 Å². The molecule has 1 unspecified atom stereocenters. The van der Waals surface area contributed by atoms with Crippen molar-refractivity contribution in [3.8, 4) is 22.9 Å². The Morgan fingerprint density at radius 3 is 2.59 bits per heavy atom. The molecule has 4 aromatic rings. The van der Waals surface area contributed by atoms with Crippen LogP contribution in [0.25, 0.3) is 17.3 Å². The van der Waals surface area contributed by atoms with Crippen LogP contribution in [0.3, 0.4) is 0 Å². The lowest BCUT2D eigenvalue weighted by Crippen LogP contribution is -2.23. The van der Waals surface area contributed by atoms with Gasteiger partial charge >= 0.3 is 0 Å². The van der Waals surface area contributed by atoms with Crippen LogP contribution in [0.15, 0.2) is 84.0 Å². The topological polar surface area (TPSA) is 69.2 Å². The second-order valence-electron chi connectivity index (χ2n) is 7.88. The minimum atomic E-state index is -0.420. The molecule has 1 aliphatic rings. The highest BCUT2D eigenvalue weighted by Crippen LogP contribution is 2.36. The van der Waals surface area contributed by atoms with Gasteiger partial charge in [-0.15, -0.1) is 10.2 Å². The van der Waals surface area contributed by atoms with Gasteiger partial charge in [0, 0.05) is 17.0 Å². The average Bonchev–Trinajstić information content (AvgIpc) is 3.03. The van der Waals surface area contributed by atoms with Gasteiger partial charge < -0.3 is 14.8 Å². The second kappa shape index (κ2) is 9.97. The van der Waals surface area contributed by atoms with Gasteiger partial charge in [0.15, 0.2) is 11.9 Å². The molecule has 2 heterocycles. The van der Waals surface area contributed by atoms with Crippen LogP contribution >= 0.6 is 11.8 Å². The highest BCUT2D eigenvalue weighted by Gasteiger charge is 2.23. The number of fused-ring (bicyclic) bond motifs is 3. The first-order chi connectivity index (χ1) is 16.7. The zero-order chi connectivity index (χ0) is 23.3. The monoisotopic (exact) mass is 468 g/mol. The van der Waals surface area contributed by atoms with Crippen molar-refractivity contribution in [3.63, 3.8) is 0 Å². The SMILES string of the molecule is COc1ccc(C=CC2Nc3ccccc3-c3nnc(SCc4ccc(C)cc4)nc3O2)cc1. The van der Waals surface area contributed by atoms with E-state index < -0.39 is 6.23 Å². The summed E-state index contributed by atoms with van der Waals surface area (Å²) in [5.74, 6) is 2.04. The van der Waals surface area contributed by atoms with Gasteiger partial charge in [-0.25, -0.2) is 0 Å². The van der Waals surface area contributed by atoms with Crippen molar-refractivity contribution in [2.75, 3.05) is 12.4 Å². The van der Waals surface area contributed by atoms with E-state index >= 15 is 0 Å². The zero-order valence-electron chi connectivity index (χ0n) is 18.9. The molecule has 5 rings (SSSR count). The summed E-state index contributed by atoms with van der Waals surface area (Å²) in [7, 11) is 1.66. The van der Waals surface area contributed by atoms with E-state index in [1.165, 1.54) is 11.1 Å². The standard InChI is InChI=1S/C27H24N4O2S/c1-18-7-9-20(10-8-18)17-34-27-29-26-25(30-31-27)22-5-3-4-6-23(22)28-24(33-26)16-13-19-11-14-21(32-2)15-12-19/h3-16,24,28H,17H2,1-2H3. The van der Waals surface area contributed by atoms with Gasteiger partial charge in [0.1, 0.15) is 5.75 Å². The molecule has 34 heavy (non-hydrogen) atoms. The number of benzene rings is 3. The number of hydrogen-bond acceptors (Lipinski definition) is 7. The van der Waals surface area contributed by atoms with E-state index in [2.05, 4.69) is 46.7 Å². The van der Waals surface area contributed by atoms with Crippen LogP contribution in [0.2, 0.25) is 0 Å². The molecule has 0 amide bonds. The molecule has 0 fully saturated rings. The first kappa shape index (κ1) is 22.0. The number of hydrogen-bond donors (Lipinski definition) is 1. The fourth-order valence-corrected chi connectivity index (χ4v) is 4.30. The lowest BCUT2D eigenvalue weighted by Gasteiger charge is -2.15. The van der Waals surface area contributed by atoms with Crippen molar-refractivity contribution in [1.29, 1.82) is 0 Å². The van der Waals surface area contributed by atoms with Crippen molar-refractivity contribution in [3.05, 3.63) is 95.6 Å². The van der Waals surface area contributed by atoms with Gasteiger partial charge in [-0.3, -0.25) is 0 Å². The number of ether oxygens (including phenoxy) is 2. The van der Waals surface area contributed by atoms with Gasteiger partial charge in [0.2, 0.25) is 11.0 Å². The van der Waals surface area contributed by atoms with Gasteiger partial charge in [0.05, 0.1) is 7.11 Å². The molecule has 0 saturated carbocycles. The van der Waals surface area contributed by atoms with Crippen molar-refractivity contribution in [2.45, 2.75) is 24.1 Å². The fraction of sp³-hybridized carbons (Fsp3) is 0.148. The minimum absolute atomic E-state index is 0.420. The van der Waals surface area contributed by atoms with E-state index in [-0.39, 0.29) is 0 Å². The Morgan fingerprint density at radius 2 is 1.79 bits per heavy atom. The minimum Gasteiger partial charge on any atom is -0.497 e. The Hall–Kier alpha value is -3.84. The highest BCUT2D eigenvalue weighted by atomic mass is 32.2. The van der Waals surface area contributed by atoms with E-state index in [0.29, 0.717) is 16.7 Å². The molecule has 0 bridgehead atoms. The highest BCUT2D eigenvalue weighted by molar-refractivity contribution is 7.98. The molecule has 0 saturated heterocycles. The van der Waals surface area contributed by atoms with Gasteiger partial charge in [-0.2, -0.15) is 4.98 Å². The molecule has 1 N–H and O–H groups in total. The normalized spacial score (nSPS) is 14.5. The largest absolute Gasteiger partial charge is 0.497 e. The van der Waals surface area contributed by atoms with Crippen LogP contribution in [0.5, 0.6) is 11.6 Å². The number of methoxy groups -OCH3 is 1. The molecule has 0 radical (unpaired) electrons. The molecule has 170 valence electrons. The first-order valence-corrected chi connectivity index (χ1v) is 11.9.